The van der Waals surface area contributed by atoms with Crippen LogP contribution >= 0.6 is 35.6 Å². The molecule has 1 heterocycles. The Morgan fingerprint density at radius 2 is 1.54 bits per heavy atom. The van der Waals surface area contributed by atoms with Gasteiger partial charge in [0.05, 0.1) is 21.3 Å². The van der Waals surface area contributed by atoms with E-state index in [-0.39, 0.29) is 44.5 Å². The summed E-state index contributed by atoms with van der Waals surface area (Å²) in [6.07, 6.45) is 0. The number of piperazine rings is 1. The molecule has 1 aliphatic rings. The minimum atomic E-state index is -4.27. The second-order valence-corrected chi connectivity index (χ2v) is 10.4. The molecule has 6 nitrogen and oxygen atoms in total. The topological polar surface area (TPSA) is 69.7 Å². The Morgan fingerprint density at radius 1 is 0.914 bits per heavy atom. The molecule has 35 heavy (non-hydrogen) atoms. The van der Waals surface area contributed by atoms with Crippen molar-refractivity contribution in [2.75, 3.05) is 30.9 Å². The van der Waals surface area contributed by atoms with E-state index >= 15 is 0 Å². The molecular formula is C24H23Cl3FN3O3S. The van der Waals surface area contributed by atoms with Crippen molar-refractivity contribution in [3.8, 4) is 0 Å². The number of halogens is 4. The molecule has 0 radical (unpaired) electrons. The summed E-state index contributed by atoms with van der Waals surface area (Å²) in [5, 5.41) is -0.121. The molecule has 0 saturated carbocycles. The molecular weight excluding hydrogens is 536 g/mol. The monoisotopic (exact) mass is 557 g/mol. The number of benzene rings is 3. The third-order valence-electron chi connectivity index (χ3n) is 5.57. The van der Waals surface area contributed by atoms with Crippen LogP contribution < -0.4 is 4.72 Å². The van der Waals surface area contributed by atoms with Gasteiger partial charge in [-0.3, -0.25) is 14.4 Å². The number of carbonyl (C=O) groups is 1. The standard InChI is InChI=1S/C24H22Cl2FN3O3S.ClH/c25-19-15-20(26)23(34(32,33)28-22-9-5-4-8-21(22)27)14-18(19)24(31)30-12-10-29(11-13-30)16-17-6-2-1-3-7-17;/h1-9,14-15,28H,10-13,16H2;1H. The zero-order valence-electron chi connectivity index (χ0n) is 18.5. The van der Waals surface area contributed by atoms with Crippen LogP contribution in [0.25, 0.3) is 0 Å². The summed E-state index contributed by atoms with van der Waals surface area (Å²) in [4.78, 5) is 16.7. The van der Waals surface area contributed by atoms with Crippen molar-refractivity contribution in [1.82, 2.24) is 9.80 Å². The van der Waals surface area contributed by atoms with Crippen molar-refractivity contribution in [2.45, 2.75) is 11.4 Å². The molecule has 3 aromatic rings. The highest BCUT2D eigenvalue weighted by molar-refractivity contribution is 7.92. The quantitative estimate of drug-likeness (QED) is 0.445. The van der Waals surface area contributed by atoms with Gasteiger partial charge in [-0.15, -0.1) is 12.4 Å². The van der Waals surface area contributed by atoms with E-state index in [0.29, 0.717) is 26.2 Å². The van der Waals surface area contributed by atoms with E-state index in [1.165, 1.54) is 29.8 Å². The van der Waals surface area contributed by atoms with E-state index in [9.17, 15) is 17.6 Å². The Bertz CT molecular complexity index is 1300. The number of hydrogen-bond acceptors (Lipinski definition) is 4. The molecule has 0 atom stereocenters. The van der Waals surface area contributed by atoms with Gasteiger partial charge in [0.25, 0.3) is 15.9 Å². The molecule has 0 aliphatic carbocycles. The maximum absolute atomic E-state index is 14.0. The minimum Gasteiger partial charge on any atom is -0.336 e. The smallest absolute Gasteiger partial charge is 0.263 e. The van der Waals surface area contributed by atoms with Crippen molar-refractivity contribution in [3.05, 3.63) is 93.7 Å². The molecule has 0 unspecified atom stereocenters. The van der Waals surface area contributed by atoms with Crippen LogP contribution in [-0.2, 0) is 16.6 Å². The molecule has 1 amide bonds. The SMILES string of the molecule is Cl.O=C(c1cc(S(=O)(=O)Nc2ccccc2F)c(Cl)cc1Cl)N1CCN(Cc2ccccc2)CC1. The highest BCUT2D eigenvalue weighted by atomic mass is 35.5. The largest absolute Gasteiger partial charge is 0.336 e. The first kappa shape index (κ1) is 27.2. The first-order valence-corrected chi connectivity index (χ1v) is 12.8. The van der Waals surface area contributed by atoms with Crippen LogP contribution in [0.5, 0.6) is 0 Å². The molecule has 4 rings (SSSR count). The van der Waals surface area contributed by atoms with Crippen molar-refractivity contribution in [2.24, 2.45) is 0 Å². The number of carbonyl (C=O) groups excluding carboxylic acids is 1. The van der Waals surface area contributed by atoms with Gasteiger partial charge in [-0.2, -0.15) is 0 Å². The van der Waals surface area contributed by atoms with Gasteiger partial charge in [-0.25, -0.2) is 12.8 Å². The Hall–Kier alpha value is -2.36. The first-order chi connectivity index (χ1) is 16.2. The number of hydrogen-bond donors (Lipinski definition) is 1. The lowest BCUT2D eigenvalue weighted by molar-refractivity contribution is 0.0628. The Morgan fingerprint density at radius 3 is 2.20 bits per heavy atom. The molecule has 1 saturated heterocycles. The van der Waals surface area contributed by atoms with E-state index < -0.39 is 15.8 Å². The molecule has 0 spiro atoms. The highest BCUT2D eigenvalue weighted by Crippen LogP contribution is 2.31. The number of para-hydroxylation sites is 1. The van der Waals surface area contributed by atoms with Crippen LogP contribution in [0.4, 0.5) is 10.1 Å². The number of anilines is 1. The predicted molar refractivity (Wildman–Crippen MR) is 139 cm³/mol. The van der Waals surface area contributed by atoms with Gasteiger partial charge in [0, 0.05) is 32.7 Å². The summed E-state index contributed by atoms with van der Waals surface area (Å²) in [5.41, 5.74) is 0.993. The Balaban J connectivity index is 0.00000342. The van der Waals surface area contributed by atoms with Gasteiger partial charge >= 0.3 is 0 Å². The molecule has 186 valence electrons. The fourth-order valence-electron chi connectivity index (χ4n) is 3.76. The molecule has 1 fully saturated rings. The first-order valence-electron chi connectivity index (χ1n) is 10.6. The maximum Gasteiger partial charge on any atom is 0.263 e. The second-order valence-electron chi connectivity index (χ2n) is 7.90. The van der Waals surface area contributed by atoms with Gasteiger partial charge in [0.1, 0.15) is 10.7 Å². The van der Waals surface area contributed by atoms with E-state index in [1.807, 2.05) is 18.2 Å². The summed E-state index contributed by atoms with van der Waals surface area (Å²) in [6.45, 7) is 3.08. The Kier molecular flexibility index (Phi) is 9.01. The average molecular weight is 559 g/mol. The van der Waals surface area contributed by atoms with Crippen molar-refractivity contribution < 1.29 is 17.6 Å². The summed E-state index contributed by atoms with van der Waals surface area (Å²) in [6, 6.07) is 17.8. The van der Waals surface area contributed by atoms with Gasteiger partial charge < -0.3 is 4.90 Å². The fraction of sp³-hybridized carbons (Fsp3) is 0.208. The van der Waals surface area contributed by atoms with Crippen molar-refractivity contribution in [3.63, 3.8) is 0 Å². The van der Waals surface area contributed by atoms with Crippen molar-refractivity contribution in [1.29, 1.82) is 0 Å². The molecule has 0 bridgehead atoms. The molecule has 11 heteroatoms. The number of rotatable bonds is 6. The minimum absolute atomic E-state index is 0. The molecule has 1 N–H and O–H groups in total. The number of nitrogens with one attached hydrogen (secondary N) is 1. The number of nitrogens with zero attached hydrogens (tertiary/aromatic N) is 2. The summed E-state index contributed by atoms with van der Waals surface area (Å²) < 4.78 is 42.0. The van der Waals surface area contributed by atoms with Crippen LogP contribution in [0.15, 0.2) is 71.6 Å². The van der Waals surface area contributed by atoms with E-state index in [0.717, 1.165) is 18.7 Å². The summed E-state index contributed by atoms with van der Waals surface area (Å²) >= 11 is 12.4. The van der Waals surface area contributed by atoms with E-state index in [2.05, 4.69) is 21.8 Å². The summed E-state index contributed by atoms with van der Waals surface area (Å²) in [7, 11) is -4.27. The van der Waals surface area contributed by atoms with E-state index in [4.69, 9.17) is 23.2 Å². The highest BCUT2D eigenvalue weighted by Gasteiger charge is 2.27. The number of amides is 1. The lowest BCUT2D eigenvalue weighted by Crippen LogP contribution is -2.48. The second kappa shape index (κ2) is 11.6. The molecule has 0 aromatic heterocycles. The van der Waals surface area contributed by atoms with Crippen LogP contribution in [0.1, 0.15) is 15.9 Å². The van der Waals surface area contributed by atoms with Gasteiger partial charge in [-0.1, -0.05) is 65.7 Å². The van der Waals surface area contributed by atoms with Crippen LogP contribution in [-0.4, -0.2) is 50.3 Å². The third kappa shape index (κ3) is 6.45. The third-order valence-corrected chi connectivity index (χ3v) is 7.71. The molecule has 3 aromatic carbocycles. The number of sulfonamides is 1. The maximum atomic E-state index is 14.0. The van der Waals surface area contributed by atoms with Crippen LogP contribution in [0, 0.1) is 5.82 Å². The normalized spacial score (nSPS) is 14.3. The lowest BCUT2D eigenvalue weighted by Gasteiger charge is -2.35. The van der Waals surface area contributed by atoms with Gasteiger partial charge in [0.2, 0.25) is 0 Å². The van der Waals surface area contributed by atoms with Crippen LogP contribution in [0.3, 0.4) is 0 Å². The zero-order valence-corrected chi connectivity index (χ0v) is 21.6. The average Bonchev–Trinajstić information content (AvgIpc) is 2.81. The fourth-order valence-corrected chi connectivity index (χ4v) is 5.69. The predicted octanol–water partition coefficient (Wildman–Crippen LogP) is 5.31. The lowest BCUT2D eigenvalue weighted by atomic mass is 10.1. The van der Waals surface area contributed by atoms with Crippen molar-refractivity contribution >= 4 is 57.2 Å². The van der Waals surface area contributed by atoms with Crippen LogP contribution in [0.2, 0.25) is 10.0 Å². The Labute approximate surface area is 220 Å². The van der Waals surface area contributed by atoms with Gasteiger partial charge in [-0.05, 0) is 29.8 Å². The zero-order chi connectivity index (χ0) is 24.3. The molecule has 1 aliphatic heterocycles. The van der Waals surface area contributed by atoms with E-state index in [1.54, 1.807) is 4.90 Å². The summed E-state index contributed by atoms with van der Waals surface area (Å²) in [5.74, 6) is -1.12. The van der Waals surface area contributed by atoms with Gasteiger partial charge in [0.15, 0.2) is 0 Å².